The molecule has 2 aliphatic rings. The van der Waals surface area contributed by atoms with Gasteiger partial charge in [-0.05, 0) is 43.9 Å². The number of hydrogen-bond acceptors (Lipinski definition) is 3. The van der Waals surface area contributed by atoms with Gasteiger partial charge in [0.1, 0.15) is 12.1 Å². The highest BCUT2D eigenvalue weighted by atomic mass is 15.0. The van der Waals surface area contributed by atoms with Crippen LogP contribution >= 0.6 is 0 Å². The Morgan fingerprint density at radius 1 is 1.29 bits per heavy atom. The smallest absolute Gasteiger partial charge is 0.133 e. The average Bonchev–Trinajstić information content (AvgIpc) is 2.85. The molecule has 1 N–H and O–H groups in total. The van der Waals surface area contributed by atoms with Crippen LogP contribution < -0.4 is 5.32 Å². The zero-order chi connectivity index (χ0) is 11.9. The van der Waals surface area contributed by atoms with Gasteiger partial charge in [-0.25, -0.2) is 9.97 Å². The van der Waals surface area contributed by atoms with Crippen LogP contribution in [0.1, 0.15) is 50.8 Å². The monoisotopic (exact) mass is 231 g/mol. The molecule has 3 rings (SSSR count). The zero-order valence-corrected chi connectivity index (χ0v) is 10.8. The second-order valence-corrected chi connectivity index (χ2v) is 6.25. The topological polar surface area (TPSA) is 37.8 Å². The van der Waals surface area contributed by atoms with Gasteiger partial charge in [-0.3, -0.25) is 0 Å². The van der Waals surface area contributed by atoms with Crippen LogP contribution in [0.2, 0.25) is 0 Å². The quantitative estimate of drug-likeness (QED) is 0.850. The van der Waals surface area contributed by atoms with Gasteiger partial charge in [0.05, 0.1) is 0 Å². The van der Waals surface area contributed by atoms with Gasteiger partial charge in [0.15, 0.2) is 0 Å². The lowest BCUT2D eigenvalue weighted by molar-refractivity contribution is 0.378. The van der Waals surface area contributed by atoms with Gasteiger partial charge >= 0.3 is 0 Å². The molecule has 0 radical (unpaired) electrons. The Morgan fingerprint density at radius 2 is 2.18 bits per heavy atom. The van der Waals surface area contributed by atoms with Crippen molar-refractivity contribution in [1.29, 1.82) is 0 Å². The Balaban J connectivity index is 1.76. The van der Waals surface area contributed by atoms with E-state index in [1.807, 2.05) is 0 Å². The average molecular weight is 231 g/mol. The number of hydrogen-bond donors (Lipinski definition) is 1. The minimum Gasteiger partial charge on any atom is -0.367 e. The van der Waals surface area contributed by atoms with E-state index >= 15 is 0 Å². The van der Waals surface area contributed by atoms with Crippen molar-refractivity contribution in [3.63, 3.8) is 0 Å². The summed E-state index contributed by atoms with van der Waals surface area (Å²) in [6.07, 6.45) is 9.07. The van der Waals surface area contributed by atoms with Crippen LogP contribution in [0, 0.1) is 5.41 Å². The van der Waals surface area contributed by atoms with E-state index < -0.39 is 0 Å². The van der Waals surface area contributed by atoms with Crippen molar-refractivity contribution < 1.29 is 0 Å². The number of aromatic nitrogens is 2. The lowest BCUT2D eigenvalue weighted by Gasteiger charge is -2.19. The summed E-state index contributed by atoms with van der Waals surface area (Å²) in [5.74, 6) is 1.11. The highest BCUT2D eigenvalue weighted by molar-refractivity contribution is 5.48. The number of anilines is 1. The van der Waals surface area contributed by atoms with Crippen molar-refractivity contribution in [2.45, 2.75) is 58.4 Å². The van der Waals surface area contributed by atoms with Gasteiger partial charge in [-0.15, -0.1) is 0 Å². The molecule has 1 atom stereocenters. The van der Waals surface area contributed by atoms with Crippen LogP contribution in [0.3, 0.4) is 0 Å². The van der Waals surface area contributed by atoms with E-state index in [4.69, 9.17) is 0 Å². The van der Waals surface area contributed by atoms with Gasteiger partial charge in [0.25, 0.3) is 0 Å². The van der Waals surface area contributed by atoms with Gasteiger partial charge < -0.3 is 5.32 Å². The van der Waals surface area contributed by atoms with Gasteiger partial charge in [-0.1, -0.05) is 13.8 Å². The Bertz CT molecular complexity index is 425. The Kier molecular flexibility index (Phi) is 2.57. The molecule has 1 heterocycles. The molecular formula is C14H21N3. The molecule has 1 aromatic heterocycles. The summed E-state index contributed by atoms with van der Waals surface area (Å²) in [6, 6.07) is 0.601. The fraction of sp³-hybridized carbons (Fsp3) is 0.714. The molecule has 1 aromatic rings. The maximum absolute atomic E-state index is 4.44. The molecule has 0 aromatic carbocycles. The third kappa shape index (κ3) is 2.15. The number of nitrogens with one attached hydrogen (secondary N) is 1. The first-order chi connectivity index (χ1) is 8.14. The summed E-state index contributed by atoms with van der Waals surface area (Å²) < 4.78 is 0. The summed E-state index contributed by atoms with van der Waals surface area (Å²) in [5, 5.41) is 3.65. The van der Waals surface area contributed by atoms with Crippen LogP contribution in [0.25, 0.3) is 0 Å². The number of aryl methyl sites for hydroxylation is 1. The molecular weight excluding hydrogens is 210 g/mol. The van der Waals surface area contributed by atoms with Crippen molar-refractivity contribution in [2.24, 2.45) is 5.41 Å². The standard InChI is InChI=1S/C14H21N3/c1-14(2)7-6-10(8-14)17-13-11-4-3-5-12(11)15-9-16-13/h9-10H,3-8H2,1-2H3,(H,15,16,17). The number of rotatable bonds is 2. The summed E-state index contributed by atoms with van der Waals surface area (Å²) >= 11 is 0. The van der Waals surface area contributed by atoms with Crippen molar-refractivity contribution in [3.05, 3.63) is 17.6 Å². The Hall–Kier alpha value is -1.12. The first kappa shape index (κ1) is 11.0. The van der Waals surface area contributed by atoms with Crippen molar-refractivity contribution >= 4 is 5.82 Å². The highest BCUT2D eigenvalue weighted by Gasteiger charge is 2.31. The third-order valence-electron chi connectivity index (χ3n) is 4.18. The van der Waals surface area contributed by atoms with Gasteiger partial charge in [0.2, 0.25) is 0 Å². The Morgan fingerprint density at radius 3 is 2.94 bits per heavy atom. The van der Waals surface area contributed by atoms with Crippen molar-refractivity contribution in [3.8, 4) is 0 Å². The summed E-state index contributed by atoms with van der Waals surface area (Å²) in [5.41, 5.74) is 3.13. The van der Waals surface area contributed by atoms with E-state index in [0.717, 1.165) is 18.7 Å². The molecule has 2 aliphatic carbocycles. The van der Waals surface area contributed by atoms with E-state index in [-0.39, 0.29) is 0 Å². The number of fused-ring (bicyclic) bond motifs is 1. The normalized spacial score (nSPS) is 25.9. The molecule has 1 unspecified atom stereocenters. The largest absolute Gasteiger partial charge is 0.367 e. The molecule has 92 valence electrons. The lowest BCUT2D eigenvalue weighted by Crippen LogP contribution is -2.19. The molecule has 0 saturated heterocycles. The summed E-state index contributed by atoms with van der Waals surface area (Å²) in [6.45, 7) is 4.72. The molecule has 0 amide bonds. The fourth-order valence-corrected chi connectivity index (χ4v) is 3.24. The van der Waals surface area contributed by atoms with E-state index in [1.165, 1.54) is 36.9 Å². The van der Waals surface area contributed by atoms with E-state index in [1.54, 1.807) is 6.33 Å². The van der Waals surface area contributed by atoms with Gasteiger partial charge in [-0.2, -0.15) is 0 Å². The fourth-order valence-electron chi connectivity index (χ4n) is 3.24. The molecule has 0 bridgehead atoms. The molecule has 0 aliphatic heterocycles. The second-order valence-electron chi connectivity index (χ2n) is 6.25. The third-order valence-corrected chi connectivity index (χ3v) is 4.18. The molecule has 1 saturated carbocycles. The summed E-state index contributed by atoms with van der Waals surface area (Å²) in [4.78, 5) is 8.81. The zero-order valence-electron chi connectivity index (χ0n) is 10.8. The summed E-state index contributed by atoms with van der Waals surface area (Å²) in [7, 11) is 0. The molecule has 3 heteroatoms. The SMILES string of the molecule is CC1(C)CCC(Nc2ncnc3c2CCC3)C1. The molecule has 1 fully saturated rings. The van der Waals surface area contributed by atoms with E-state index in [9.17, 15) is 0 Å². The number of nitrogens with zero attached hydrogens (tertiary/aromatic N) is 2. The maximum Gasteiger partial charge on any atom is 0.133 e. The predicted octanol–water partition coefficient (Wildman–Crippen LogP) is 2.96. The molecule has 17 heavy (non-hydrogen) atoms. The minimum absolute atomic E-state index is 0.494. The first-order valence-electron chi connectivity index (χ1n) is 6.73. The molecule has 3 nitrogen and oxygen atoms in total. The van der Waals surface area contributed by atoms with Crippen LogP contribution in [0.4, 0.5) is 5.82 Å². The highest BCUT2D eigenvalue weighted by Crippen LogP contribution is 2.38. The Labute approximate surface area is 103 Å². The molecule has 0 spiro atoms. The van der Waals surface area contributed by atoms with E-state index in [2.05, 4.69) is 29.1 Å². The first-order valence-corrected chi connectivity index (χ1v) is 6.73. The predicted molar refractivity (Wildman–Crippen MR) is 69.1 cm³/mol. The minimum atomic E-state index is 0.494. The van der Waals surface area contributed by atoms with Gasteiger partial charge in [0, 0.05) is 17.3 Å². The maximum atomic E-state index is 4.44. The van der Waals surface area contributed by atoms with Crippen LogP contribution in [0.15, 0.2) is 6.33 Å². The van der Waals surface area contributed by atoms with Crippen molar-refractivity contribution in [1.82, 2.24) is 9.97 Å². The van der Waals surface area contributed by atoms with Crippen LogP contribution in [-0.4, -0.2) is 16.0 Å². The second kappa shape index (κ2) is 3.97. The van der Waals surface area contributed by atoms with Crippen molar-refractivity contribution in [2.75, 3.05) is 5.32 Å². The van der Waals surface area contributed by atoms with E-state index in [0.29, 0.717) is 11.5 Å². The van der Waals surface area contributed by atoms with Crippen LogP contribution in [0.5, 0.6) is 0 Å². The lowest BCUT2D eigenvalue weighted by atomic mass is 9.92. The van der Waals surface area contributed by atoms with Crippen LogP contribution in [-0.2, 0) is 12.8 Å².